The number of ether oxygens (including phenoxy) is 1. The zero-order valence-electron chi connectivity index (χ0n) is 9.78. The molecule has 0 atom stereocenters. The average Bonchev–Trinajstić information content (AvgIpc) is 2.16. The number of anilines is 1. The summed E-state index contributed by atoms with van der Waals surface area (Å²) in [4.78, 5) is 15.4. The number of rotatable bonds is 2. The van der Waals surface area contributed by atoms with Crippen molar-refractivity contribution < 1.29 is 9.53 Å². The van der Waals surface area contributed by atoms with E-state index in [1.165, 1.54) is 0 Å². The van der Waals surface area contributed by atoms with E-state index >= 15 is 0 Å². The fourth-order valence-electron chi connectivity index (χ4n) is 1.01. The third-order valence-electron chi connectivity index (χ3n) is 1.65. The average molecular weight is 220 g/mol. The second-order valence-corrected chi connectivity index (χ2v) is 4.31. The molecule has 1 heterocycles. The van der Waals surface area contributed by atoms with Crippen LogP contribution in [0.3, 0.4) is 0 Å². The standard InChI is InChI=1S/C12H16N2O2/c1-5-9-6-7-10(13-8-9)14-11(15)16-12(2,3)4/h5-8H,1H2,2-4H3,(H,13,14,15). The highest BCUT2D eigenvalue weighted by molar-refractivity contribution is 5.83. The lowest BCUT2D eigenvalue weighted by Gasteiger charge is -2.19. The first-order chi connectivity index (χ1) is 7.40. The highest BCUT2D eigenvalue weighted by Crippen LogP contribution is 2.10. The molecular weight excluding hydrogens is 204 g/mol. The normalized spacial score (nSPS) is 10.7. The van der Waals surface area contributed by atoms with E-state index in [0.717, 1.165) is 5.56 Å². The summed E-state index contributed by atoms with van der Waals surface area (Å²) in [6, 6.07) is 3.51. The van der Waals surface area contributed by atoms with Crippen molar-refractivity contribution in [3.05, 3.63) is 30.5 Å². The van der Waals surface area contributed by atoms with Crippen molar-refractivity contribution in [2.24, 2.45) is 0 Å². The first-order valence-electron chi connectivity index (χ1n) is 4.99. The van der Waals surface area contributed by atoms with Crippen molar-refractivity contribution in [2.45, 2.75) is 26.4 Å². The third kappa shape index (κ3) is 4.13. The summed E-state index contributed by atoms with van der Waals surface area (Å²) in [6.45, 7) is 9.04. The fourth-order valence-corrected chi connectivity index (χ4v) is 1.01. The van der Waals surface area contributed by atoms with Crippen LogP contribution in [0.4, 0.5) is 10.6 Å². The molecule has 4 nitrogen and oxygen atoms in total. The maximum atomic E-state index is 11.4. The number of carbonyl (C=O) groups excluding carboxylic acids is 1. The molecule has 16 heavy (non-hydrogen) atoms. The van der Waals surface area contributed by atoms with Gasteiger partial charge in [0.25, 0.3) is 0 Å². The van der Waals surface area contributed by atoms with Crippen LogP contribution in [-0.4, -0.2) is 16.7 Å². The molecule has 0 aromatic carbocycles. The van der Waals surface area contributed by atoms with Crippen molar-refractivity contribution in [1.82, 2.24) is 4.98 Å². The smallest absolute Gasteiger partial charge is 0.413 e. The lowest BCUT2D eigenvalue weighted by Crippen LogP contribution is -2.27. The molecule has 0 aliphatic carbocycles. The van der Waals surface area contributed by atoms with Gasteiger partial charge >= 0.3 is 6.09 Å². The molecule has 1 aromatic rings. The van der Waals surface area contributed by atoms with E-state index in [4.69, 9.17) is 4.74 Å². The molecular formula is C12H16N2O2. The highest BCUT2D eigenvalue weighted by atomic mass is 16.6. The topological polar surface area (TPSA) is 51.2 Å². The summed E-state index contributed by atoms with van der Waals surface area (Å²) < 4.78 is 5.09. The van der Waals surface area contributed by atoms with Crippen LogP contribution in [0.15, 0.2) is 24.9 Å². The van der Waals surface area contributed by atoms with Crippen LogP contribution in [0.2, 0.25) is 0 Å². The van der Waals surface area contributed by atoms with E-state index in [-0.39, 0.29) is 0 Å². The van der Waals surface area contributed by atoms with E-state index in [9.17, 15) is 4.79 Å². The SMILES string of the molecule is C=Cc1ccc(NC(=O)OC(C)(C)C)nc1. The molecule has 1 aromatic heterocycles. The Morgan fingerprint density at radius 1 is 1.50 bits per heavy atom. The molecule has 1 rings (SSSR count). The van der Waals surface area contributed by atoms with Gasteiger partial charge in [-0.3, -0.25) is 5.32 Å². The Kier molecular flexibility index (Phi) is 3.66. The van der Waals surface area contributed by atoms with Crippen molar-refractivity contribution >= 4 is 18.0 Å². The van der Waals surface area contributed by atoms with Crippen molar-refractivity contribution in [3.63, 3.8) is 0 Å². The Bertz CT molecular complexity index is 377. The summed E-state index contributed by atoms with van der Waals surface area (Å²) in [5.74, 6) is 0.458. The van der Waals surface area contributed by atoms with Crippen LogP contribution in [0.1, 0.15) is 26.3 Å². The molecule has 0 aliphatic heterocycles. The second kappa shape index (κ2) is 4.79. The van der Waals surface area contributed by atoms with Gasteiger partial charge in [0.05, 0.1) is 0 Å². The van der Waals surface area contributed by atoms with E-state index in [0.29, 0.717) is 5.82 Å². The minimum Gasteiger partial charge on any atom is -0.444 e. The number of carbonyl (C=O) groups is 1. The molecule has 0 radical (unpaired) electrons. The number of amides is 1. The van der Waals surface area contributed by atoms with Gasteiger partial charge in [-0.1, -0.05) is 12.7 Å². The third-order valence-corrected chi connectivity index (χ3v) is 1.65. The Balaban J connectivity index is 2.59. The summed E-state index contributed by atoms with van der Waals surface area (Å²) in [5, 5.41) is 2.54. The molecule has 1 N–H and O–H groups in total. The largest absolute Gasteiger partial charge is 0.444 e. The van der Waals surface area contributed by atoms with Gasteiger partial charge in [-0.2, -0.15) is 0 Å². The second-order valence-electron chi connectivity index (χ2n) is 4.31. The Labute approximate surface area is 95.3 Å². The molecule has 0 saturated carbocycles. The molecule has 0 spiro atoms. The monoisotopic (exact) mass is 220 g/mol. The molecule has 0 saturated heterocycles. The number of aromatic nitrogens is 1. The van der Waals surface area contributed by atoms with Gasteiger partial charge in [0.1, 0.15) is 11.4 Å². The molecule has 0 fully saturated rings. The van der Waals surface area contributed by atoms with Gasteiger partial charge in [-0.15, -0.1) is 0 Å². The maximum Gasteiger partial charge on any atom is 0.413 e. The summed E-state index contributed by atoms with van der Waals surface area (Å²) >= 11 is 0. The first-order valence-corrected chi connectivity index (χ1v) is 4.99. The zero-order valence-corrected chi connectivity index (χ0v) is 9.78. The van der Waals surface area contributed by atoms with Crippen LogP contribution >= 0.6 is 0 Å². The lowest BCUT2D eigenvalue weighted by molar-refractivity contribution is 0.0635. The number of nitrogens with zero attached hydrogens (tertiary/aromatic N) is 1. The number of hydrogen-bond donors (Lipinski definition) is 1. The van der Waals surface area contributed by atoms with Gasteiger partial charge in [-0.05, 0) is 38.5 Å². The van der Waals surface area contributed by atoms with Crippen LogP contribution in [0.25, 0.3) is 6.08 Å². The Hall–Kier alpha value is -1.84. The minimum atomic E-state index is -0.509. The predicted octanol–water partition coefficient (Wildman–Crippen LogP) is 3.07. The molecule has 86 valence electrons. The van der Waals surface area contributed by atoms with Crippen molar-refractivity contribution in [3.8, 4) is 0 Å². The molecule has 4 heteroatoms. The lowest BCUT2D eigenvalue weighted by atomic mass is 10.2. The van der Waals surface area contributed by atoms with Gasteiger partial charge in [0.15, 0.2) is 0 Å². The fraction of sp³-hybridized carbons (Fsp3) is 0.333. The van der Waals surface area contributed by atoms with Crippen LogP contribution in [-0.2, 0) is 4.74 Å². The van der Waals surface area contributed by atoms with E-state index in [1.807, 2.05) is 6.07 Å². The summed E-state index contributed by atoms with van der Waals surface area (Å²) in [7, 11) is 0. The van der Waals surface area contributed by atoms with Gasteiger partial charge in [-0.25, -0.2) is 9.78 Å². The highest BCUT2D eigenvalue weighted by Gasteiger charge is 2.16. The zero-order chi connectivity index (χ0) is 12.2. The van der Waals surface area contributed by atoms with Crippen LogP contribution in [0, 0.1) is 0 Å². The number of nitrogens with one attached hydrogen (secondary N) is 1. The maximum absolute atomic E-state index is 11.4. The van der Waals surface area contributed by atoms with Gasteiger partial charge in [0.2, 0.25) is 0 Å². The quantitative estimate of drug-likeness (QED) is 0.833. The summed E-state index contributed by atoms with van der Waals surface area (Å²) in [5.41, 5.74) is 0.389. The Morgan fingerprint density at radius 3 is 2.62 bits per heavy atom. The first kappa shape index (κ1) is 12.2. The minimum absolute atomic E-state index is 0.458. The van der Waals surface area contributed by atoms with Crippen molar-refractivity contribution in [2.75, 3.05) is 5.32 Å². The molecule has 1 amide bonds. The van der Waals surface area contributed by atoms with E-state index in [2.05, 4.69) is 16.9 Å². The molecule has 0 aliphatic rings. The van der Waals surface area contributed by atoms with Gasteiger partial charge < -0.3 is 4.74 Å². The van der Waals surface area contributed by atoms with Crippen molar-refractivity contribution in [1.29, 1.82) is 0 Å². The summed E-state index contributed by atoms with van der Waals surface area (Å²) in [6.07, 6.45) is 2.80. The number of hydrogen-bond acceptors (Lipinski definition) is 3. The molecule has 0 unspecified atom stereocenters. The van der Waals surface area contributed by atoms with Gasteiger partial charge in [0, 0.05) is 6.20 Å². The van der Waals surface area contributed by atoms with Crippen LogP contribution < -0.4 is 5.32 Å². The van der Waals surface area contributed by atoms with E-state index < -0.39 is 11.7 Å². The Morgan fingerprint density at radius 2 is 2.19 bits per heavy atom. The van der Waals surface area contributed by atoms with Crippen LogP contribution in [0.5, 0.6) is 0 Å². The number of pyridine rings is 1. The predicted molar refractivity (Wildman–Crippen MR) is 64.2 cm³/mol. The van der Waals surface area contributed by atoms with E-state index in [1.54, 1.807) is 39.1 Å². The molecule has 0 bridgehead atoms.